The van der Waals surface area contributed by atoms with Crippen molar-refractivity contribution in [3.63, 3.8) is 0 Å². The van der Waals surface area contributed by atoms with Crippen molar-refractivity contribution in [2.24, 2.45) is 0 Å². The molecule has 1 aliphatic heterocycles. The van der Waals surface area contributed by atoms with Crippen LogP contribution in [0.25, 0.3) is 0 Å². The lowest BCUT2D eigenvalue weighted by atomic mass is 10.4. The van der Waals surface area contributed by atoms with E-state index in [1.54, 1.807) is 13.0 Å². The van der Waals surface area contributed by atoms with Gasteiger partial charge in [-0.25, -0.2) is 4.79 Å². The van der Waals surface area contributed by atoms with E-state index in [4.69, 9.17) is 9.47 Å². The van der Waals surface area contributed by atoms with Crippen LogP contribution in [0.4, 0.5) is 4.79 Å². The monoisotopic (exact) mass is 276 g/mol. The summed E-state index contributed by atoms with van der Waals surface area (Å²) in [5.74, 6) is 0. The first kappa shape index (κ1) is 15.7. The molecule has 1 saturated heterocycles. The minimum absolute atomic E-state index is 0.0612. The van der Waals surface area contributed by atoms with Crippen LogP contribution in [0.2, 0.25) is 0 Å². The maximum Gasteiger partial charge on any atom is 0.321 e. The Morgan fingerprint density at radius 3 is 2.79 bits per heavy atom. The van der Waals surface area contributed by atoms with Gasteiger partial charge in [-0.05, 0) is 6.92 Å². The van der Waals surface area contributed by atoms with E-state index in [0.29, 0.717) is 0 Å². The second kappa shape index (κ2) is 7.95. The maximum atomic E-state index is 11.3. The highest BCUT2D eigenvalue weighted by Crippen LogP contribution is 2.08. The zero-order valence-electron chi connectivity index (χ0n) is 10.7. The van der Waals surface area contributed by atoms with Gasteiger partial charge < -0.3 is 30.1 Å². The molecule has 19 heavy (non-hydrogen) atoms. The molecule has 1 aliphatic rings. The summed E-state index contributed by atoms with van der Waals surface area (Å²) in [5.41, 5.74) is 0. The SMILES string of the molecule is CC=COCC(O)COCCN1C(=O)NC(O)C1O. The van der Waals surface area contributed by atoms with Gasteiger partial charge in [0.05, 0.1) is 19.5 Å². The van der Waals surface area contributed by atoms with Crippen LogP contribution in [0.5, 0.6) is 0 Å². The lowest BCUT2D eigenvalue weighted by molar-refractivity contribution is -0.0477. The number of rotatable bonds is 8. The molecule has 0 aromatic carbocycles. The molecule has 8 heteroatoms. The van der Waals surface area contributed by atoms with E-state index in [-0.39, 0.29) is 26.4 Å². The summed E-state index contributed by atoms with van der Waals surface area (Å²) in [6.07, 6.45) is -0.160. The van der Waals surface area contributed by atoms with Gasteiger partial charge in [-0.15, -0.1) is 0 Å². The van der Waals surface area contributed by atoms with Crippen molar-refractivity contribution in [1.29, 1.82) is 0 Å². The van der Waals surface area contributed by atoms with Crippen LogP contribution in [-0.2, 0) is 9.47 Å². The average Bonchev–Trinajstić information content (AvgIpc) is 2.60. The summed E-state index contributed by atoms with van der Waals surface area (Å²) in [6, 6.07) is -0.555. The van der Waals surface area contributed by atoms with Crippen molar-refractivity contribution in [3.05, 3.63) is 12.3 Å². The molecule has 1 fully saturated rings. The van der Waals surface area contributed by atoms with Crippen LogP contribution in [0.1, 0.15) is 6.92 Å². The molecule has 110 valence electrons. The highest BCUT2D eigenvalue weighted by atomic mass is 16.5. The predicted molar refractivity (Wildman–Crippen MR) is 64.8 cm³/mol. The zero-order valence-corrected chi connectivity index (χ0v) is 10.7. The van der Waals surface area contributed by atoms with Crippen LogP contribution in [0, 0.1) is 0 Å². The molecule has 0 saturated carbocycles. The Morgan fingerprint density at radius 1 is 1.47 bits per heavy atom. The molecule has 3 unspecified atom stereocenters. The van der Waals surface area contributed by atoms with E-state index in [1.165, 1.54) is 6.26 Å². The minimum atomic E-state index is -1.28. The van der Waals surface area contributed by atoms with Crippen LogP contribution in [0.15, 0.2) is 12.3 Å². The smallest absolute Gasteiger partial charge is 0.321 e. The molecular weight excluding hydrogens is 256 g/mol. The summed E-state index contributed by atoms with van der Waals surface area (Å²) in [4.78, 5) is 12.3. The van der Waals surface area contributed by atoms with Gasteiger partial charge in [0.25, 0.3) is 0 Å². The van der Waals surface area contributed by atoms with Crippen molar-refractivity contribution in [2.45, 2.75) is 25.5 Å². The van der Waals surface area contributed by atoms with Gasteiger partial charge in [-0.3, -0.25) is 4.90 Å². The summed E-state index contributed by atoms with van der Waals surface area (Å²) < 4.78 is 10.1. The highest BCUT2D eigenvalue weighted by Gasteiger charge is 2.36. The number of urea groups is 1. The van der Waals surface area contributed by atoms with Crippen LogP contribution >= 0.6 is 0 Å². The fourth-order valence-electron chi connectivity index (χ4n) is 1.50. The van der Waals surface area contributed by atoms with Crippen LogP contribution in [-0.4, -0.2) is 71.2 Å². The van der Waals surface area contributed by atoms with Crippen molar-refractivity contribution in [1.82, 2.24) is 10.2 Å². The number of carbonyl (C=O) groups excluding carboxylic acids is 1. The second-order valence-corrected chi connectivity index (χ2v) is 4.03. The Morgan fingerprint density at radius 2 is 2.21 bits per heavy atom. The van der Waals surface area contributed by atoms with E-state index >= 15 is 0 Å². The third-order valence-corrected chi connectivity index (χ3v) is 2.44. The van der Waals surface area contributed by atoms with Crippen LogP contribution in [0.3, 0.4) is 0 Å². The first-order chi connectivity index (χ1) is 9.06. The molecule has 1 heterocycles. The van der Waals surface area contributed by atoms with Crippen molar-refractivity contribution in [3.8, 4) is 0 Å². The van der Waals surface area contributed by atoms with Gasteiger partial charge in [-0.1, -0.05) is 6.08 Å². The number of hydrogen-bond donors (Lipinski definition) is 4. The number of hydrogen-bond acceptors (Lipinski definition) is 6. The van der Waals surface area contributed by atoms with Gasteiger partial charge in [0.15, 0.2) is 12.5 Å². The zero-order chi connectivity index (χ0) is 14.3. The van der Waals surface area contributed by atoms with E-state index < -0.39 is 24.6 Å². The number of nitrogens with zero attached hydrogens (tertiary/aromatic N) is 1. The quantitative estimate of drug-likeness (QED) is 0.320. The lowest BCUT2D eigenvalue weighted by Gasteiger charge is -2.19. The molecule has 0 aromatic heterocycles. The molecule has 0 aromatic rings. The number of ether oxygens (including phenoxy) is 2. The van der Waals surface area contributed by atoms with Crippen molar-refractivity contribution < 1.29 is 29.6 Å². The molecule has 0 radical (unpaired) electrons. The van der Waals surface area contributed by atoms with Gasteiger partial charge in [0, 0.05) is 6.54 Å². The average molecular weight is 276 g/mol. The Bertz CT molecular complexity index is 312. The van der Waals surface area contributed by atoms with Gasteiger partial charge in [0.1, 0.15) is 12.7 Å². The molecule has 4 N–H and O–H groups in total. The van der Waals surface area contributed by atoms with E-state index in [2.05, 4.69) is 5.32 Å². The van der Waals surface area contributed by atoms with Crippen molar-refractivity contribution in [2.75, 3.05) is 26.4 Å². The van der Waals surface area contributed by atoms with Gasteiger partial charge in [0.2, 0.25) is 0 Å². The molecule has 3 atom stereocenters. The molecule has 0 aliphatic carbocycles. The van der Waals surface area contributed by atoms with Crippen molar-refractivity contribution >= 4 is 6.03 Å². The summed E-state index contributed by atoms with van der Waals surface area (Å²) in [5, 5.41) is 30.2. The van der Waals surface area contributed by atoms with Gasteiger partial charge >= 0.3 is 6.03 Å². The molecule has 1 rings (SSSR count). The maximum absolute atomic E-state index is 11.3. The molecular formula is C11H20N2O6. The summed E-state index contributed by atoms with van der Waals surface area (Å²) in [6.45, 7) is 2.23. The van der Waals surface area contributed by atoms with Gasteiger partial charge in [-0.2, -0.15) is 0 Å². The Balaban J connectivity index is 2.12. The Kier molecular flexibility index (Phi) is 6.57. The predicted octanol–water partition coefficient (Wildman–Crippen LogP) is -1.42. The van der Waals surface area contributed by atoms with Crippen LogP contribution < -0.4 is 5.32 Å². The Hall–Kier alpha value is -1.35. The number of carbonyl (C=O) groups is 1. The number of allylic oxidation sites excluding steroid dienone is 1. The lowest BCUT2D eigenvalue weighted by Crippen LogP contribution is -2.38. The third-order valence-electron chi connectivity index (χ3n) is 2.44. The molecule has 0 bridgehead atoms. The van der Waals surface area contributed by atoms with E-state index in [9.17, 15) is 20.1 Å². The topological polar surface area (TPSA) is 111 Å². The first-order valence-corrected chi connectivity index (χ1v) is 5.98. The minimum Gasteiger partial charge on any atom is -0.499 e. The largest absolute Gasteiger partial charge is 0.499 e. The fraction of sp³-hybridized carbons (Fsp3) is 0.727. The highest BCUT2D eigenvalue weighted by molar-refractivity contribution is 5.76. The molecule has 2 amide bonds. The summed E-state index contributed by atoms with van der Waals surface area (Å²) in [7, 11) is 0. The Labute approximate surface area is 111 Å². The molecule has 0 spiro atoms. The third kappa shape index (κ3) is 5.03. The number of nitrogens with one attached hydrogen (secondary N) is 1. The normalized spacial score (nSPS) is 24.8. The van der Waals surface area contributed by atoms with E-state index in [0.717, 1.165) is 4.90 Å². The first-order valence-electron chi connectivity index (χ1n) is 5.98. The molecule has 8 nitrogen and oxygen atoms in total. The second-order valence-electron chi connectivity index (χ2n) is 4.03. The van der Waals surface area contributed by atoms with E-state index in [1.807, 2.05) is 0 Å². The summed E-state index contributed by atoms with van der Waals surface area (Å²) >= 11 is 0. The number of amides is 2. The standard InChI is InChI=1S/C11H20N2O6/c1-2-4-18-6-8(14)7-19-5-3-13-10(16)9(15)12-11(13)17/h2,4,8-10,14-16H,3,5-7H2,1H3,(H,12,17). The number of aliphatic hydroxyl groups excluding tert-OH is 3. The number of aliphatic hydroxyl groups is 3. The fourth-order valence-corrected chi connectivity index (χ4v) is 1.50.